The van der Waals surface area contributed by atoms with Crippen molar-refractivity contribution in [2.24, 2.45) is 5.92 Å². The lowest BCUT2D eigenvalue weighted by molar-refractivity contribution is 0.0748. The van der Waals surface area contributed by atoms with Crippen LogP contribution in [0.1, 0.15) is 59.9 Å². The third kappa shape index (κ3) is 5.17. The van der Waals surface area contributed by atoms with E-state index in [0.717, 1.165) is 36.2 Å². The van der Waals surface area contributed by atoms with Crippen molar-refractivity contribution in [1.29, 1.82) is 0 Å². The van der Waals surface area contributed by atoms with Gasteiger partial charge >= 0.3 is 0 Å². The van der Waals surface area contributed by atoms with Crippen LogP contribution in [0.25, 0.3) is 0 Å². The van der Waals surface area contributed by atoms with E-state index in [4.69, 9.17) is 4.74 Å². The highest BCUT2D eigenvalue weighted by Gasteiger charge is 2.27. The number of carbonyl (C=O) groups is 1. The van der Waals surface area contributed by atoms with Gasteiger partial charge in [0.25, 0.3) is 5.91 Å². The number of hydrogen-bond acceptors (Lipinski definition) is 4. The first-order valence-electron chi connectivity index (χ1n) is 11.0. The highest BCUT2D eigenvalue weighted by atomic mass is 16.5. The molecule has 0 saturated heterocycles. The van der Waals surface area contributed by atoms with Crippen LogP contribution in [0.2, 0.25) is 0 Å². The molecule has 2 aromatic heterocycles. The van der Waals surface area contributed by atoms with Gasteiger partial charge in [0, 0.05) is 56.6 Å². The summed E-state index contributed by atoms with van der Waals surface area (Å²) in [5.41, 5.74) is 2.93. The van der Waals surface area contributed by atoms with Crippen molar-refractivity contribution in [3.63, 3.8) is 0 Å². The third-order valence-electron chi connectivity index (χ3n) is 6.11. The van der Waals surface area contributed by atoms with Crippen molar-refractivity contribution in [2.75, 3.05) is 20.3 Å². The van der Waals surface area contributed by atoms with Crippen LogP contribution in [-0.4, -0.2) is 40.6 Å². The molecule has 0 atom stereocenters. The van der Waals surface area contributed by atoms with Gasteiger partial charge in [0.2, 0.25) is 0 Å². The Kier molecular flexibility index (Phi) is 7.80. The zero-order valence-electron chi connectivity index (χ0n) is 18.4. The Labute approximate surface area is 178 Å². The molecule has 1 amide bonds. The van der Waals surface area contributed by atoms with Crippen LogP contribution in [0, 0.1) is 12.8 Å². The summed E-state index contributed by atoms with van der Waals surface area (Å²) in [7, 11) is 1.67. The van der Waals surface area contributed by atoms with Crippen LogP contribution in [0.5, 0.6) is 0 Å². The van der Waals surface area contributed by atoms with Gasteiger partial charge in [-0.25, -0.2) is 0 Å². The topological polar surface area (TPSA) is 64.4 Å². The Hall–Kier alpha value is -2.47. The Bertz CT molecular complexity index is 902. The van der Waals surface area contributed by atoms with Gasteiger partial charge in [0.15, 0.2) is 5.43 Å². The zero-order chi connectivity index (χ0) is 21.5. The van der Waals surface area contributed by atoms with Gasteiger partial charge in [-0.2, -0.15) is 0 Å². The highest BCUT2D eigenvalue weighted by Crippen LogP contribution is 2.29. The Morgan fingerprint density at radius 3 is 2.60 bits per heavy atom. The van der Waals surface area contributed by atoms with Crippen molar-refractivity contribution in [3.05, 3.63) is 63.3 Å². The van der Waals surface area contributed by atoms with Crippen LogP contribution in [0.15, 0.2) is 35.4 Å². The fourth-order valence-electron chi connectivity index (χ4n) is 4.45. The molecule has 0 spiro atoms. The Morgan fingerprint density at radius 1 is 1.27 bits per heavy atom. The number of methoxy groups -OCH3 is 1. The van der Waals surface area contributed by atoms with Gasteiger partial charge in [0.05, 0.1) is 6.61 Å². The lowest BCUT2D eigenvalue weighted by Crippen LogP contribution is -2.37. The number of carbonyl (C=O) groups excluding carboxylic acids is 1. The molecule has 1 aliphatic rings. The number of nitrogens with zero attached hydrogens (tertiary/aromatic N) is 3. The third-order valence-corrected chi connectivity index (χ3v) is 6.11. The molecular formula is C24H33N3O3. The maximum atomic E-state index is 13.6. The summed E-state index contributed by atoms with van der Waals surface area (Å²) in [5.74, 6) is 0.347. The number of hydrogen-bond donors (Lipinski definition) is 0. The van der Waals surface area contributed by atoms with E-state index in [1.807, 2.05) is 26.0 Å². The van der Waals surface area contributed by atoms with Gasteiger partial charge in [-0.15, -0.1) is 0 Å². The van der Waals surface area contributed by atoms with Crippen LogP contribution >= 0.6 is 0 Å². The fraction of sp³-hybridized carbons (Fsp3) is 0.542. The second-order valence-corrected chi connectivity index (χ2v) is 8.15. The number of aromatic nitrogens is 2. The fourth-order valence-corrected chi connectivity index (χ4v) is 4.45. The summed E-state index contributed by atoms with van der Waals surface area (Å²) in [6, 6.07) is 5.41. The van der Waals surface area contributed by atoms with E-state index in [1.165, 1.54) is 12.8 Å². The maximum absolute atomic E-state index is 13.6. The van der Waals surface area contributed by atoms with Crippen LogP contribution in [0.3, 0.4) is 0 Å². The van der Waals surface area contributed by atoms with E-state index < -0.39 is 0 Å². The molecule has 162 valence electrons. The first kappa shape index (κ1) is 22.2. The van der Waals surface area contributed by atoms with E-state index in [-0.39, 0.29) is 11.3 Å². The minimum Gasteiger partial charge on any atom is -0.383 e. The summed E-state index contributed by atoms with van der Waals surface area (Å²) < 4.78 is 7.43. The van der Waals surface area contributed by atoms with Crippen molar-refractivity contribution >= 4 is 5.91 Å². The minimum absolute atomic E-state index is 0.174. The second kappa shape index (κ2) is 10.5. The molecule has 1 fully saturated rings. The van der Waals surface area contributed by atoms with Crippen molar-refractivity contribution in [3.8, 4) is 0 Å². The predicted molar refractivity (Wildman–Crippen MR) is 118 cm³/mol. The van der Waals surface area contributed by atoms with Crippen LogP contribution in [-0.2, 0) is 24.2 Å². The van der Waals surface area contributed by atoms with Gasteiger partial charge in [-0.1, -0.05) is 25.7 Å². The summed E-state index contributed by atoms with van der Waals surface area (Å²) in [6.07, 6.45) is 9.00. The lowest BCUT2D eigenvalue weighted by atomic mass is 9.96. The average Bonchev–Trinajstić information content (AvgIpc) is 3.25. The molecule has 2 heterocycles. The molecular weight excluding hydrogens is 378 g/mol. The number of aryl methyl sites for hydroxylation is 1. The first-order valence-corrected chi connectivity index (χ1v) is 11.0. The van der Waals surface area contributed by atoms with Crippen molar-refractivity contribution in [1.82, 2.24) is 14.5 Å². The molecule has 0 bridgehead atoms. The van der Waals surface area contributed by atoms with Gasteiger partial charge in [-0.3, -0.25) is 14.6 Å². The highest BCUT2D eigenvalue weighted by molar-refractivity contribution is 5.95. The first-order chi connectivity index (χ1) is 14.5. The SMILES string of the molecule is CCN(Cc1ccncc1)C(=O)c1c(CC2CCCC2)n(CCOC)c(C)cc1=O. The van der Waals surface area contributed by atoms with Gasteiger partial charge in [0.1, 0.15) is 5.56 Å². The minimum atomic E-state index is -0.182. The Morgan fingerprint density at radius 2 is 1.97 bits per heavy atom. The average molecular weight is 412 g/mol. The molecule has 1 aliphatic carbocycles. The largest absolute Gasteiger partial charge is 0.383 e. The van der Waals surface area contributed by atoms with E-state index >= 15 is 0 Å². The monoisotopic (exact) mass is 411 g/mol. The van der Waals surface area contributed by atoms with E-state index in [9.17, 15) is 9.59 Å². The molecule has 0 aromatic carbocycles. The molecule has 2 aromatic rings. The predicted octanol–water partition coefficient (Wildman–Crippen LogP) is 3.59. The molecule has 1 saturated carbocycles. The molecule has 6 heteroatoms. The normalized spacial score (nSPS) is 14.2. The molecule has 0 aliphatic heterocycles. The molecule has 0 unspecified atom stereocenters. The van der Waals surface area contributed by atoms with E-state index in [2.05, 4.69) is 9.55 Å². The number of ether oxygens (including phenoxy) is 1. The molecule has 6 nitrogen and oxygen atoms in total. The summed E-state index contributed by atoms with van der Waals surface area (Å²) >= 11 is 0. The zero-order valence-corrected chi connectivity index (χ0v) is 18.4. The maximum Gasteiger partial charge on any atom is 0.259 e. The lowest BCUT2D eigenvalue weighted by Gasteiger charge is -2.26. The smallest absolute Gasteiger partial charge is 0.259 e. The van der Waals surface area contributed by atoms with Crippen LogP contribution < -0.4 is 5.43 Å². The number of rotatable bonds is 9. The van der Waals surface area contributed by atoms with Crippen molar-refractivity contribution in [2.45, 2.75) is 59.0 Å². The summed E-state index contributed by atoms with van der Waals surface area (Å²) in [4.78, 5) is 32.5. The summed E-state index contributed by atoms with van der Waals surface area (Å²) in [5, 5.41) is 0. The van der Waals surface area contributed by atoms with Gasteiger partial charge in [-0.05, 0) is 43.9 Å². The molecule has 3 rings (SSSR count). The Balaban J connectivity index is 2.01. The van der Waals surface area contributed by atoms with Gasteiger partial charge < -0.3 is 14.2 Å². The number of amides is 1. The molecule has 0 radical (unpaired) electrons. The van der Waals surface area contributed by atoms with E-state index in [1.54, 1.807) is 30.5 Å². The second-order valence-electron chi connectivity index (χ2n) is 8.15. The molecule has 30 heavy (non-hydrogen) atoms. The molecule has 0 N–H and O–H groups in total. The summed E-state index contributed by atoms with van der Waals surface area (Å²) in [6.45, 7) is 6.08. The quantitative estimate of drug-likeness (QED) is 0.633. The number of pyridine rings is 2. The standard InChI is InChI=1S/C24H33N3O3/c1-4-26(17-20-9-11-25-12-10-20)24(29)23-21(16-19-7-5-6-8-19)27(13-14-30-3)18(2)15-22(23)28/h9-12,15,19H,4-8,13-14,16-17H2,1-3H3. The van der Waals surface area contributed by atoms with E-state index in [0.29, 0.717) is 37.7 Å². The van der Waals surface area contributed by atoms with Crippen LogP contribution in [0.4, 0.5) is 0 Å². The van der Waals surface area contributed by atoms with Crippen molar-refractivity contribution < 1.29 is 9.53 Å².